The van der Waals surface area contributed by atoms with Gasteiger partial charge in [-0.1, -0.05) is 22.9 Å². The van der Waals surface area contributed by atoms with Crippen LogP contribution in [0, 0.1) is 15.2 Å². The minimum atomic E-state index is -0.434. The van der Waals surface area contributed by atoms with E-state index in [1.54, 1.807) is 0 Å². The van der Waals surface area contributed by atoms with Gasteiger partial charge in [-0.15, -0.1) is 0 Å². The fraction of sp³-hybridized carbons (Fsp3) is 0.250. The summed E-state index contributed by atoms with van der Waals surface area (Å²) in [6.45, 7) is 2.76. The molecule has 1 nitrogen and oxygen atoms in total. The molecule has 0 aliphatic heterocycles. The molecule has 0 saturated heterocycles. The van der Waals surface area contributed by atoms with Crippen LogP contribution >= 0.6 is 38.5 Å². The average Bonchev–Trinajstić information content (AvgIpc) is 2.46. The quantitative estimate of drug-likeness (QED) is 0.581. The zero-order valence-corrected chi connectivity index (χ0v) is 15.2. The monoisotopic (exact) mass is 465 g/mol. The van der Waals surface area contributed by atoms with E-state index in [2.05, 4.69) is 43.8 Å². The highest BCUT2D eigenvalue weighted by atomic mass is 127. The van der Waals surface area contributed by atoms with Crippen LogP contribution in [0.4, 0.5) is 8.78 Å². The third kappa shape index (κ3) is 4.23. The van der Waals surface area contributed by atoms with Crippen LogP contribution < -0.4 is 5.32 Å². The van der Waals surface area contributed by atoms with E-state index in [0.29, 0.717) is 5.56 Å². The van der Waals surface area contributed by atoms with Crippen molar-refractivity contribution in [3.05, 3.63) is 67.2 Å². The molecule has 0 bridgehead atoms. The largest absolute Gasteiger partial charge is 0.306 e. The van der Waals surface area contributed by atoms with Gasteiger partial charge in [0.2, 0.25) is 0 Å². The van der Waals surface area contributed by atoms with E-state index in [9.17, 15) is 8.78 Å². The Morgan fingerprint density at radius 1 is 1.14 bits per heavy atom. The molecule has 21 heavy (non-hydrogen) atoms. The predicted octanol–water partition coefficient (Wildman–Crippen LogP) is 5.42. The van der Waals surface area contributed by atoms with Crippen LogP contribution in [0.1, 0.15) is 30.5 Å². The summed E-state index contributed by atoms with van der Waals surface area (Å²) in [4.78, 5) is 0. The van der Waals surface area contributed by atoms with Crippen molar-refractivity contribution >= 4 is 38.5 Å². The third-order valence-corrected chi connectivity index (χ3v) is 4.53. The molecular weight excluding hydrogens is 451 g/mol. The summed E-state index contributed by atoms with van der Waals surface area (Å²) in [7, 11) is 0. The highest BCUT2D eigenvalue weighted by Crippen LogP contribution is 2.31. The molecule has 0 spiro atoms. The second kappa shape index (κ2) is 7.65. The van der Waals surface area contributed by atoms with Gasteiger partial charge in [0.15, 0.2) is 0 Å². The van der Waals surface area contributed by atoms with Gasteiger partial charge in [-0.3, -0.25) is 0 Å². The molecule has 112 valence electrons. The van der Waals surface area contributed by atoms with E-state index in [1.165, 1.54) is 12.1 Å². The van der Waals surface area contributed by atoms with Crippen LogP contribution in [-0.2, 0) is 0 Å². The van der Waals surface area contributed by atoms with Crippen LogP contribution in [0.25, 0.3) is 0 Å². The van der Waals surface area contributed by atoms with Crippen molar-refractivity contribution in [3.8, 4) is 0 Å². The SMILES string of the molecule is CCCNC(c1cc(F)ccc1F)c1cc(I)ccc1Br. The minimum Gasteiger partial charge on any atom is -0.306 e. The summed E-state index contributed by atoms with van der Waals surface area (Å²) in [5.41, 5.74) is 1.23. The summed E-state index contributed by atoms with van der Waals surface area (Å²) in [6, 6.07) is 9.05. The predicted molar refractivity (Wildman–Crippen MR) is 93.4 cm³/mol. The molecule has 1 N–H and O–H groups in total. The van der Waals surface area contributed by atoms with Gasteiger partial charge in [0.25, 0.3) is 0 Å². The summed E-state index contributed by atoms with van der Waals surface area (Å²) < 4.78 is 29.6. The Balaban J connectivity index is 2.52. The number of benzene rings is 2. The average molecular weight is 466 g/mol. The summed E-state index contributed by atoms with van der Waals surface area (Å²) >= 11 is 5.72. The van der Waals surface area contributed by atoms with E-state index in [1.807, 2.05) is 25.1 Å². The number of hydrogen-bond donors (Lipinski definition) is 1. The molecule has 1 atom stereocenters. The number of nitrogens with one attached hydrogen (secondary N) is 1. The second-order valence-corrected chi connectivity index (χ2v) is 6.82. The number of rotatable bonds is 5. The molecule has 0 saturated carbocycles. The van der Waals surface area contributed by atoms with Gasteiger partial charge in [-0.25, -0.2) is 8.78 Å². The van der Waals surface area contributed by atoms with Crippen molar-refractivity contribution in [1.82, 2.24) is 5.32 Å². The van der Waals surface area contributed by atoms with Crippen molar-refractivity contribution in [2.75, 3.05) is 6.54 Å². The van der Waals surface area contributed by atoms with Crippen molar-refractivity contribution in [3.63, 3.8) is 0 Å². The van der Waals surface area contributed by atoms with E-state index in [0.717, 1.165) is 32.6 Å². The van der Waals surface area contributed by atoms with E-state index in [-0.39, 0.29) is 6.04 Å². The second-order valence-electron chi connectivity index (χ2n) is 4.72. The summed E-state index contributed by atoms with van der Waals surface area (Å²) in [5.74, 6) is -0.841. The molecular formula is C16H15BrF2IN. The first kappa shape index (κ1) is 16.8. The standard InChI is InChI=1S/C16H15BrF2IN/c1-2-7-21-16(12-9-11(20)4-5-14(12)17)13-8-10(18)3-6-15(13)19/h3-6,8-9,16,21H,2,7H2,1H3. The van der Waals surface area contributed by atoms with Crippen LogP contribution in [-0.4, -0.2) is 6.54 Å². The van der Waals surface area contributed by atoms with Gasteiger partial charge >= 0.3 is 0 Å². The number of hydrogen-bond acceptors (Lipinski definition) is 1. The maximum absolute atomic E-state index is 14.1. The lowest BCUT2D eigenvalue weighted by Gasteiger charge is -2.22. The lowest BCUT2D eigenvalue weighted by molar-refractivity contribution is 0.534. The maximum atomic E-state index is 14.1. The lowest BCUT2D eigenvalue weighted by atomic mass is 9.98. The van der Waals surface area contributed by atoms with Gasteiger partial charge in [0.05, 0.1) is 6.04 Å². The lowest BCUT2D eigenvalue weighted by Crippen LogP contribution is -2.24. The first-order chi connectivity index (χ1) is 10.0. The van der Waals surface area contributed by atoms with Crippen LogP contribution in [0.5, 0.6) is 0 Å². The molecule has 2 aromatic carbocycles. The molecule has 0 aliphatic rings. The highest BCUT2D eigenvalue weighted by molar-refractivity contribution is 14.1. The Bertz CT molecular complexity index is 582. The zero-order valence-electron chi connectivity index (χ0n) is 11.5. The summed E-state index contributed by atoms with van der Waals surface area (Å²) in [5, 5.41) is 3.30. The van der Waals surface area contributed by atoms with Crippen LogP contribution in [0.2, 0.25) is 0 Å². The normalized spacial score (nSPS) is 12.4. The summed E-state index contributed by atoms with van der Waals surface area (Å²) in [6.07, 6.45) is 0.912. The van der Waals surface area contributed by atoms with Crippen molar-refractivity contribution < 1.29 is 8.78 Å². The van der Waals surface area contributed by atoms with Gasteiger partial charge in [-0.2, -0.15) is 0 Å². The fourth-order valence-electron chi connectivity index (χ4n) is 2.15. The molecule has 1 unspecified atom stereocenters. The fourth-order valence-corrected chi connectivity index (χ4v) is 3.14. The zero-order chi connectivity index (χ0) is 15.4. The molecule has 0 fully saturated rings. The molecule has 0 radical (unpaired) electrons. The van der Waals surface area contributed by atoms with E-state index in [4.69, 9.17) is 0 Å². The van der Waals surface area contributed by atoms with Crippen molar-refractivity contribution in [2.24, 2.45) is 0 Å². The maximum Gasteiger partial charge on any atom is 0.128 e. The first-order valence-electron chi connectivity index (χ1n) is 6.66. The Kier molecular flexibility index (Phi) is 6.13. The molecule has 0 heterocycles. The smallest absolute Gasteiger partial charge is 0.128 e. The van der Waals surface area contributed by atoms with Gasteiger partial charge < -0.3 is 5.32 Å². The van der Waals surface area contributed by atoms with Crippen molar-refractivity contribution in [2.45, 2.75) is 19.4 Å². The van der Waals surface area contributed by atoms with Gasteiger partial charge in [0, 0.05) is 13.6 Å². The van der Waals surface area contributed by atoms with Gasteiger partial charge in [-0.05, 0) is 77.5 Å². The van der Waals surface area contributed by atoms with Crippen molar-refractivity contribution in [1.29, 1.82) is 0 Å². The molecule has 0 aliphatic carbocycles. The highest BCUT2D eigenvalue weighted by Gasteiger charge is 2.20. The molecule has 5 heteroatoms. The molecule has 0 aromatic heterocycles. The minimum absolute atomic E-state index is 0.325. The van der Waals surface area contributed by atoms with Crippen LogP contribution in [0.15, 0.2) is 40.9 Å². The molecule has 2 aromatic rings. The van der Waals surface area contributed by atoms with E-state index < -0.39 is 11.6 Å². The Hall–Kier alpha value is -0.530. The third-order valence-electron chi connectivity index (χ3n) is 3.14. The Morgan fingerprint density at radius 3 is 2.62 bits per heavy atom. The molecule has 0 amide bonds. The van der Waals surface area contributed by atoms with Crippen LogP contribution in [0.3, 0.4) is 0 Å². The Labute approximate surface area is 145 Å². The van der Waals surface area contributed by atoms with E-state index >= 15 is 0 Å². The Morgan fingerprint density at radius 2 is 1.90 bits per heavy atom. The number of halogens is 4. The molecule has 2 rings (SSSR count). The van der Waals surface area contributed by atoms with Gasteiger partial charge in [0.1, 0.15) is 11.6 Å². The topological polar surface area (TPSA) is 12.0 Å². The first-order valence-corrected chi connectivity index (χ1v) is 8.53.